The molecule has 0 aliphatic carbocycles. The van der Waals surface area contributed by atoms with E-state index < -0.39 is 24.0 Å². The largest absolute Gasteiger partial charge is 0.491 e. The highest BCUT2D eigenvalue weighted by atomic mass is 16.5. The Bertz CT molecular complexity index is 813. The van der Waals surface area contributed by atoms with Gasteiger partial charge in [-0.15, -0.1) is 0 Å². The third-order valence-electron chi connectivity index (χ3n) is 4.76. The maximum atomic E-state index is 12.4. The topological polar surface area (TPSA) is 112 Å². The van der Waals surface area contributed by atoms with Crippen LogP contribution in [0.1, 0.15) is 37.0 Å². The van der Waals surface area contributed by atoms with E-state index in [1.165, 1.54) is 0 Å². The van der Waals surface area contributed by atoms with Gasteiger partial charge in [-0.1, -0.05) is 0 Å². The van der Waals surface area contributed by atoms with Gasteiger partial charge in [0.2, 0.25) is 0 Å². The molecule has 1 fully saturated rings. The van der Waals surface area contributed by atoms with Gasteiger partial charge in [-0.3, -0.25) is 0 Å². The minimum Gasteiger partial charge on any atom is -0.491 e. The quantitative estimate of drug-likeness (QED) is 0.620. The summed E-state index contributed by atoms with van der Waals surface area (Å²) in [5.41, 5.74) is 0.753. The highest BCUT2D eigenvalue weighted by molar-refractivity contribution is 5.95. The van der Waals surface area contributed by atoms with Crippen molar-refractivity contribution in [2.75, 3.05) is 26.4 Å². The summed E-state index contributed by atoms with van der Waals surface area (Å²) in [6, 6.07) is 5.52. The van der Waals surface area contributed by atoms with Gasteiger partial charge >= 0.3 is 18.0 Å². The van der Waals surface area contributed by atoms with Crippen molar-refractivity contribution in [3.8, 4) is 5.75 Å². The molecule has 0 aromatic heterocycles. The fourth-order valence-corrected chi connectivity index (χ4v) is 3.27. The van der Waals surface area contributed by atoms with E-state index in [0.717, 1.165) is 19.4 Å². The summed E-state index contributed by atoms with van der Waals surface area (Å²) in [5, 5.41) is 5.10. The van der Waals surface area contributed by atoms with Crippen LogP contribution in [0.15, 0.2) is 35.5 Å². The molecule has 2 aliphatic rings. The predicted octanol–water partition coefficient (Wildman–Crippen LogP) is 1.92. The Balaban J connectivity index is 1.59. The van der Waals surface area contributed by atoms with Gasteiger partial charge in [0.05, 0.1) is 35.6 Å². The molecular weight excluding hydrogens is 392 g/mol. The minimum atomic E-state index is -0.586. The molecule has 1 saturated heterocycles. The van der Waals surface area contributed by atoms with E-state index in [1.54, 1.807) is 38.1 Å². The number of ether oxygens (including phenoxy) is 4. The van der Waals surface area contributed by atoms with Gasteiger partial charge in [0.15, 0.2) is 0 Å². The highest BCUT2D eigenvalue weighted by Crippen LogP contribution is 2.18. The van der Waals surface area contributed by atoms with Gasteiger partial charge in [-0.2, -0.15) is 0 Å². The van der Waals surface area contributed by atoms with Crippen molar-refractivity contribution in [2.24, 2.45) is 0 Å². The second-order valence-electron chi connectivity index (χ2n) is 6.98. The Kier molecular flexibility index (Phi) is 7.29. The van der Waals surface area contributed by atoms with Crippen molar-refractivity contribution in [2.45, 2.75) is 38.8 Å². The average molecular weight is 418 g/mol. The Morgan fingerprint density at radius 2 is 1.93 bits per heavy atom. The lowest BCUT2D eigenvalue weighted by molar-refractivity contribution is -0.139. The molecule has 2 atom stereocenters. The molecule has 2 N–H and O–H groups in total. The van der Waals surface area contributed by atoms with Crippen LogP contribution in [0.5, 0.6) is 5.75 Å². The second-order valence-corrected chi connectivity index (χ2v) is 6.98. The van der Waals surface area contributed by atoms with E-state index >= 15 is 0 Å². The molecule has 2 heterocycles. The molecule has 1 aromatic carbocycles. The number of rotatable bonds is 8. The fraction of sp³-hybridized carbons (Fsp3) is 0.476. The molecule has 1 aromatic rings. The molecular formula is C21H26N2O7. The van der Waals surface area contributed by atoms with Crippen LogP contribution in [0.25, 0.3) is 0 Å². The second kappa shape index (κ2) is 10.1. The number of nitrogens with one attached hydrogen (secondary N) is 2. The first kappa shape index (κ1) is 21.6. The predicted molar refractivity (Wildman–Crippen MR) is 106 cm³/mol. The van der Waals surface area contributed by atoms with Crippen molar-refractivity contribution in [1.29, 1.82) is 0 Å². The van der Waals surface area contributed by atoms with Crippen molar-refractivity contribution >= 4 is 18.0 Å². The zero-order valence-corrected chi connectivity index (χ0v) is 17.1. The zero-order chi connectivity index (χ0) is 21.5. The van der Waals surface area contributed by atoms with E-state index in [4.69, 9.17) is 18.9 Å². The molecule has 9 nitrogen and oxygen atoms in total. The van der Waals surface area contributed by atoms with Crippen LogP contribution < -0.4 is 15.4 Å². The SMILES string of the molecule is CCOC(=O)C1=C(COC(=O)c2ccc(OC[C@H]3CCCO3)cc2)NC(=O)N[C@@H]1C. The van der Waals surface area contributed by atoms with Crippen LogP contribution in [0.4, 0.5) is 4.79 Å². The van der Waals surface area contributed by atoms with E-state index in [2.05, 4.69) is 10.6 Å². The van der Waals surface area contributed by atoms with Gasteiger partial charge in [-0.25, -0.2) is 14.4 Å². The molecule has 0 bridgehead atoms. The minimum absolute atomic E-state index is 0.110. The van der Waals surface area contributed by atoms with Gasteiger partial charge in [0.25, 0.3) is 0 Å². The average Bonchev–Trinajstić information content (AvgIpc) is 3.24. The molecule has 162 valence electrons. The monoisotopic (exact) mass is 418 g/mol. The van der Waals surface area contributed by atoms with Crippen LogP contribution in [0.3, 0.4) is 0 Å². The highest BCUT2D eigenvalue weighted by Gasteiger charge is 2.30. The number of hydrogen-bond donors (Lipinski definition) is 2. The van der Waals surface area contributed by atoms with Gasteiger partial charge < -0.3 is 29.6 Å². The number of hydrogen-bond acceptors (Lipinski definition) is 7. The maximum Gasteiger partial charge on any atom is 0.338 e. The molecule has 0 unspecified atom stereocenters. The Morgan fingerprint density at radius 1 is 1.17 bits per heavy atom. The smallest absolute Gasteiger partial charge is 0.338 e. The van der Waals surface area contributed by atoms with E-state index in [-0.39, 0.29) is 30.6 Å². The molecule has 2 amide bonds. The van der Waals surface area contributed by atoms with Crippen molar-refractivity contribution in [3.63, 3.8) is 0 Å². The third kappa shape index (κ3) is 5.50. The lowest BCUT2D eigenvalue weighted by Gasteiger charge is -2.26. The van der Waals surface area contributed by atoms with Gasteiger partial charge in [0.1, 0.15) is 19.0 Å². The first-order valence-corrected chi connectivity index (χ1v) is 9.97. The number of carbonyl (C=O) groups is 3. The van der Waals surface area contributed by atoms with Crippen LogP contribution in [-0.2, 0) is 19.0 Å². The van der Waals surface area contributed by atoms with Crippen LogP contribution in [0.2, 0.25) is 0 Å². The van der Waals surface area contributed by atoms with Crippen molar-refractivity contribution in [3.05, 3.63) is 41.1 Å². The molecule has 2 aliphatic heterocycles. The van der Waals surface area contributed by atoms with Crippen LogP contribution >= 0.6 is 0 Å². The van der Waals surface area contributed by atoms with Crippen molar-refractivity contribution in [1.82, 2.24) is 10.6 Å². The molecule has 0 saturated carbocycles. The molecule has 3 rings (SSSR count). The summed E-state index contributed by atoms with van der Waals surface area (Å²) in [6.45, 7) is 4.51. The Labute approximate surface area is 174 Å². The lowest BCUT2D eigenvalue weighted by atomic mass is 10.0. The normalized spacial score (nSPS) is 20.9. The first-order valence-electron chi connectivity index (χ1n) is 9.97. The first-order chi connectivity index (χ1) is 14.5. The Hall–Kier alpha value is -3.07. The molecule has 0 spiro atoms. The molecule has 0 radical (unpaired) electrons. The van der Waals surface area contributed by atoms with E-state index in [1.807, 2.05) is 0 Å². The number of amides is 2. The number of urea groups is 1. The fourth-order valence-electron chi connectivity index (χ4n) is 3.27. The van der Waals surface area contributed by atoms with E-state index in [0.29, 0.717) is 17.9 Å². The number of esters is 2. The summed E-state index contributed by atoms with van der Waals surface area (Å²) in [5.74, 6) is -0.526. The summed E-state index contributed by atoms with van der Waals surface area (Å²) >= 11 is 0. The summed E-state index contributed by atoms with van der Waals surface area (Å²) < 4.78 is 21.5. The Morgan fingerprint density at radius 3 is 2.60 bits per heavy atom. The summed E-state index contributed by atoms with van der Waals surface area (Å²) in [4.78, 5) is 36.3. The summed E-state index contributed by atoms with van der Waals surface area (Å²) in [7, 11) is 0. The van der Waals surface area contributed by atoms with E-state index in [9.17, 15) is 14.4 Å². The van der Waals surface area contributed by atoms with Crippen LogP contribution in [-0.4, -0.2) is 56.5 Å². The lowest BCUT2D eigenvalue weighted by Crippen LogP contribution is -2.50. The van der Waals surface area contributed by atoms with Gasteiger partial charge in [0, 0.05) is 6.61 Å². The number of carbonyl (C=O) groups excluding carboxylic acids is 3. The number of benzene rings is 1. The summed E-state index contributed by atoms with van der Waals surface area (Å²) in [6.07, 6.45) is 2.14. The molecule has 9 heteroatoms. The maximum absolute atomic E-state index is 12.4. The van der Waals surface area contributed by atoms with Crippen LogP contribution in [0, 0.1) is 0 Å². The standard InChI is InChI=1S/C21H26N2O7/c1-3-27-20(25)18-13(2)22-21(26)23-17(18)12-30-19(24)14-6-8-15(9-7-14)29-11-16-5-4-10-28-16/h6-9,13,16H,3-5,10-12H2,1-2H3,(H2,22,23,26)/t13-,16-/m1/s1. The zero-order valence-electron chi connectivity index (χ0n) is 17.1. The molecule has 30 heavy (non-hydrogen) atoms. The third-order valence-corrected chi connectivity index (χ3v) is 4.76. The van der Waals surface area contributed by atoms with Crippen molar-refractivity contribution < 1.29 is 33.3 Å². The van der Waals surface area contributed by atoms with Gasteiger partial charge in [-0.05, 0) is 51.0 Å².